The predicted molar refractivity (Wildman–Crippen MR) is 86.3 cm³/mol. The third-order valence-corrected chi connectivity index (χ3v) is 4.40. The van der Waals surface area contributed by atoms with E-state index in [1.54, 1.807) is 6.20 Å². The Morgan fingerprint density at radius 3 is 2.71 bits per heavy atom. The topological polar surface area (TPSA) is 71.2 Å². The Bertz CT molecular complexity index is 456. The molecular weight excluding hydrogens is 264 g/mol. The van der Waals surface area contributed by atoms with Crippen molar-refractivity contribution in [2.75, 3.05) is 29.9 Å². The van der Waals surface area contributed by atoms with Gasteiger partial charge < -0.3 is 16.0 Å². The van der Waals surface area contributed by atoms with Crippen molar-refractivity contribution in [1.29, 1.82) is 0 Å². The van der Waals surface area contributed by atoms with E-state index in [4.69, 9.17) is 5.73 Å². The molecule has 1 heterocycles. The summed E-state index contributed by atoms with van der Waals surface area (Å²) in [4.78, 5) is 18.9. The van der Waals surface area contributed by atoms with Crippen LogP contribution in [0, 0.1) is 11.8 Å². The molecular formula is C16H26N4O. The predicted octanol–water partition coefficient (Wildman–Crippen LogP) is 2.24. The zero-order valence-electron chi connectivity index (χ0n) is 13.0. The largest absolute Gasteiger partial charge is 0.357 e. The van der Waals surface area contributed by atoms with Gasteiger partial charge in [0.15, 0.2) is 0 Å². The molecule has 5 heteroatoms. The first kappa shape index (κ1) is 15.8. The molecule has 0 bridgehead atoms. The number of carbonyl (C=O) groups excluding carboxylic acids is 1. The number of carbonyl (C=O) groups is 1. The number of hydrogen-bond acceptors (Lipinski definition) is 4. The van der Waals surface area contributed by atoms with Crippen molar-refractivity contribution in [2.45, 2.75) is 33.1 Å². The van der Waals surface area contributed by atoms with Crippen LogP contribution in [0.3, 0.4) is 0 Å². The molecule has 0 spiro atoms. The first-order chi connectivity index (χ1) is 10.2. The van der Waals surface area contributed by atoms with Crippen molar-refractivity contribution in [1.82, 2.24) is 4.98 Å². The summed E-state index contributed by atoms with van der Waals surface area (Å²) in [6, 6.07) is 3.88. The van der Waals surface area contributed by atoms with Gasteiger partial charge in [0.2, 0.25) is 5.91 Å². The van der Waals surface area contributed by atoms with E-state index in [-0.39, 0.29) is 11.8 Å². The Labute approximate surface area is 126 Å². The van der Waals surface area contributed by atoms with E-state index in [9.17, 15) is 4.79 Å². The minimum Gasteiger partial charge on any atom is -0.357 e. The van der Waals surface area contributed by atoms with E-state index < -0.39 is 0 Å². The van der Waals surface area contributed by atoms with Crippen molar-refractivity contribution in [2.24, 2.45) is 17.6 Å². The maximum Gasteiger partial charge on any atom is 0.227 e. The number of nitrogens with zero attached hydrogens (tertiary/aromatic N) is 2. The van der Waals surface area contributed by atoms with Gasteiger partial charge in [-0.2, -0.15) is 0 Å². The highest BCUT2D eigenvalue weighted by Gasteiger charge is 2.31. The molecule has 116 valence electrons. The monoisotopic (exact) mass is 290 g/mol. The molecule has 0 unspecified atom stereocenters. The van der Waals surface area contributed by atoms with Gasteiger partial charge in [-0.25, -0.2) is 4.98 Å². The van der Waals surface area contributed by atoms with E-state index in [2.05, 4.69) is 29.0 Å². The molecule has 1 aliphatic carbocycles. The summed E-state index contributed by atoms with van der Waals surface area (Å²) in [5, 5.41) is 2.97. The third-order valence-electron chi connectivity index (χ3n) is 4.40. The maximum atomic E-state index is 12.3. The number of nitrogens with two attached hydrogens (primary N) is 1. The molecule has 5 nitrogen and oxygen atoms in total. The molecule has 2 rings (SSSR count). The zero-order valence-corrected chi connectivity index (χ0v) is 13.0. The normalized spacial score (nSPS) is 21.3. The second-order valence-electron chi connectivity index (χ2n) is 5.60. The van der Waals surface area contributed by atoms with Gasteiger partial charge in [-0.1, -0.05) is 6.42 Å². The Morgan fingerprint density at radius 1 is 1.38 bits per heavy atom. The first-order valence-electron chi connectivity index (χ1n) is 7.91. The van der Waals surface area contributed by atoms with E-state index >= 15 is 0 Å². The van der Waals surface area contributed by atoms with E-state index in [0.717, 1.165) is 43.9 Å². The van der Waals surface area contributed by atoms with Gasteiger partial charge in [0.1, 0.15) is 5.82 Å². The van der Waals surface area contributed by atoms with Crippen LogP contribution in [0.4, 0.5) is 11.5 Å². The highest BCUT2D eigenvalue weighted by Crippen LogP contribution is 2.31. The highest BCUT2D eigenvalue weighted by molar-refractivity contribution is 5.92. The number of rotatable bonds is 6. The number of pyridine rings is 1. The quantitative estimate of drug-likeness (QED) is 0.843. The van der Waals surface area contributed by atoms with Crippen molar-refractivity contribution in [3.8, 4) is 0 Å². The molecule has 2 atom stereocenters. The lowest BCUT2D eigenvalue weighted by atomic mass is 9.95. The average Bonchev–Trinajstić information content (AvgIpc) is 2.99. The molecule has 21 heavy (non-hydrogen) atoms. The van der Waals surface area contributed by atoms with Crippen LogP contribution in [-0.2, 0) is 4.79 Å². The molecule has 1 fully saturated rings. The molecule has 1 aliphatic rings. The fourth-order valence-corrected chi connectivity index (χ4v) is 3.09. The molecule has 1 amide bonds. The van der Waals surface area contributed by atoms with Gasteiger partial charge in [0, 0.05) is 19.0 Å². The van der Waals surface area contributed by atoms with Crippen molar-refractivity contribution < 1.29 is 4.79 Å². The minimum absolute atomic E-state index is 0.0532. The summed E-state index contributed by atoms with van der Waals surface area (Å²) in [5.74, 6) is 1.41. The smallest absolute Gasteiger partial charge is 0.227 e. The van der Waals surface area contributed by atoms with Gasteiger partial charge >= 0.3 is 0 Å². The van der Waals surface area contributed by atoms with E-state index in [1.165, 1.54) is 0 Å². The van der Waals surface area contributed by atoms with Crippen LogP contribution in [0.5, 0.6) is 0 Å². The fraction of sp³-hybridized carbons (Fsp3) is 0.625. The SMILES string of the molecule is CCN(CC)c1ccc(NC(=O)[C@@H]2CCC[C@@H]2CN)cn1. The van der Waals surface area contributed by atoms with Crippen molar-refractivity contribution in [3.05, 3.63) is 18.3 Å². The second kappa shape index (κ2) is 7.41. The molecule has 1 saturated carbocycles. The number of aromatic nitrogens is 1. The van der Waals surface area contributed by atoms with Crippen LogP contribution >= 0.6 is 0 Å². The molecule has 0 aliphatic heterocycles. The lowest BCUT2D eigenvalue weighted by Crippen LogP contribution is -2.29. The van der Waals surface area contributed by atoms with Gasteiger partial charge in [0.25, 0.3) is 0 Å². The van der Waals surface area contributed by atoms with Crippen molar-refractivity contribution in [3.63, 3.8) is 0 Å². The fourth-order valence-electron chi connectivity index (χ4n) is 3.09. The van der Waals surface area contributed by atoms with Gasteiger partial charge in [-0.3, -0.25) is 4.79 Å². The molecule has 1 aromatic heterocycles. The van der Waals surface area contributed by atoms with Gasteiger partial charge in [-0.15, -0.1) is 0 Å². The summed E-state index contributed by atoms with van der Waals surface area (Å²) in [6.45, 7) is 6.66. The van der Waals surface area contributed by atoms with Crippen LogP contribution < -0.4 is 16.0 Å². The lowest BCUT2D eigenvalue weighted by molar-refractivity contribution is -0.120. The first-order valence-corrected chi connectivity index (χ1v) is 7.91. The summed E-state index contributed by atoms with van der Waals surface area (Å²) in [6.07, 6.45) is 4.84. The summed E-state index contributed by atoms with van der Waals surface area (Å²) >= 11 is 0. The number of amides is 1. The van der Waals surface area contributed by atoms with E-state index in [1.807, 2.05) is 12.1 Å². The molecule has 1 aromatic rings. The van der Waals surface area contributed by atoms with Crippen molar-refractivity contribution >= 4 is 17.4 Å². The van der Waals surface area contributed by atoms with Crippen LogP contribution in [0.2, 0.25) is 0 Å². The average molecular weight is 290 g/mol. The molecule has 0 radical (unpaired) electrons. The Balaban J connectivity index is 1.98. The number of hydrogen-bond donors (Lipinski definition) is 2. The van der Waals surface area contributed by atoms with Crippen LogP contribution in [0.15, 0.2) is 18.3 Å². The summed E-state index contributed by atoms with van der Waals surface area (Å²) in [5.41, 5.74) is 6.50. The summed E-state index contributed by atoms with van der Waals surface area (Å²) in [7, 11) is 0. The standard InChI is InChI=1S/C16H26N4O/c1-3-20(4-2)15-9-8-13(11-18-15)19-16(21)14-7-5-6-12(14)10-17/h8-9,11-12,14H,3-7,10,17H2,1-2H3,(H,19,21)/t12-,14-/m1/s1. The van der Waals surface area contributed by atoms with Crippen LogP contribution in [0.1, 0.15) is 33.1 Å². The molecule has 0 saturated heterocycles. The number of nitrogens with one attached hydrogen (secondary N) is 1. The Morgan fingerprint density at radius 2 is 2.14 bits per heavy atom. The number of anilines is 2. The zero-order chi connectivity index (χ0) is 15.2. The van der Waals surface area contributed by atoms with Gasteiger partial charge in [-0.05, 0) is 51.3 Å². The van der Waals surface area contributed by atoms with Crippen LogP contribution in [0.25, 0.3) is 0 Å². The minimum atomic E-state index is 0.0532. The third kappa shape index (κ3) is 3.73. The highest BCUT2D eigenvalue weighted by atomic mass is 16.1. The molecule has 3 N–H and O–H groups in total. The van der Waals surface area contributed by atoms with Gasteiger partial charge in [0.05, 0.1) is 11.9 Å². The second-order valence-corrected chi connectivity index (χ2v) is 5.60. The van der Waals surface area contributed by atoms with E-state index in [0.29, 0.717) is 12.5 Å². The van der Waals surface area contributed by atoms with Crippen LogP contribution in [-0.4, -0.2) is 30.5 Å². The Hall–Kier alpha value is -1.62. The lowest BCUT2D eigenvalue weighted by Gasteiger charge is -2.20. The molecule has 0 aromatic carbocycles. The Kier molecular flexibility index (Phi) is 5.56. The maximum absolute atomic E-state index is 12.3. The summed E-state index contributed by atoms with van der Waals surface area (Å²) < 4.78 is 0.